The van der Waals surface area contributed by atoms with E-state index in [2.05, 4.69) is 10.2 Å². The summed E-state index contributed by atoms with van der Waals surface area (Å²) < 4.78 is 5.91. The molecule has 28 heavy (non-hydrogen) atoms. The smallest absolute Gasteiger partial charge is 0.265 e. The van der Waals surface area contributed by atoms with Crippen LogP contribution in [0, 0.1) is 0 Å². The van der Waals surface area contributed by atoms with Gasteiger partial charge in [-0.2, -0.15) is 0 Å². The van der Waals surface area contributed by atoms with Crippen molar-refractivity contribution in [3.63, 3.8) is 0 Å². The highest BCUT2D eigenvalue weighted by Crippen LogP contribution is 2.33. The number of hydrogen-bond donors (Lipinski definition) is 1. The summed E-state index contributed by atoms with van der Waals surface area (Å²) in [6, 6.07) is 7.64. The van der Waals surface area contributed by atoms with E-state index < -0.39 is 6.10 Å². The predicted octanol–water partition coefficient (Wildman–Crippen LogP) is 0.223. The lowest BCUT2D eigenvalue weighted by Gasteiger charge is -2.39. The monoisotopic (exact) mass is 386 g/mol. The number of anilines is 1. The summed E-state index contributed by atoms with van der Waals surface area (Å²) in [4.78, 5) is 42.4. The van der Waals surface area contributed by atoms with Crippen LogP contribution in [0.3, 0.4) is 0 Å². The molecule has 1 aromatic carbocycles. The van der Waals surface area contributed by atoms with Gasteiger partial charge in [0.1, 0.15) is 5.75 Å². The second kappa shape index (κ2) is 7.79. The summed E-state index contributed by atoms with van der Waals surface area (Å²) in [7, 11) is 0. The van der Waals surface area contributed by atoms with Crippen LogP contribution in [-0.4, -0.2) is 78.9 Å². The number of ether oxygens (including phenoxy) is 1. The molecule has 1 atom stereocenters. The number of piperazine rings is 1. The van der Waals surface area contributed by atoms with Crippen molar-refractivity contribution in [1.82, 2.24) is 15.1 Å². The highest BCUT2D eigenvalue weighted by atomic mass is 16.5. The molecule has 0 radical (unpaired) electrons. The Kier molecular flexibility index (Phi) is 5.21. The van der Waals surface area contributed by atoms with Gasteiger partial charge >= 0.3 is 0 Å². The number of rotatable bonds is 4. The number of hydrogen-bond acceptors (Lipinski definition) is 5. The lowest BCUT2D eigenvalue weighted by Crippen LogP contribution is -2.57. The van der Waals surface area contributed by atoms with E-state index in [4.69, 9.17) is 4.74 Å². The minimum absolute atomic E-state index is 0.0617. The van der Waals surface area contributed by atoms with Gasteiger partial charge in [-0.3, -0.25) is 19.3 Å². The Hall–Kier alpha value is -2.61. The molecule has 3 aliphatic rings. The molecule has 0 unspecified atom stereocenters. The van der Waals surface area contributed by atoms with Crippen molar-refractivity contribution < 1.29 is 19.1 Å². The normalized spacial score (nSPS) is 22.2. The van der Waals surface area contributed by atoms with Crippen LogP contribution in [0.5, 0.6) is 5.75 Å². The molecule has 2 aliphatic heterocycles. The van der Waals surface area contributed by atoms with Gasteiger partial charge in [-0.25, -0.2) is 0 Å². The Morgan fingerprint density at radius 1 is 1.11 bits per heavy atom. The zero-order valence-electron chi connectivity index (χ0n) is 16.1. The number of carbonyl (C=O) groups is 3. The Labute approximate surface area is 164 Å². The van der Waals surface area contributed by atoms with Gasteiger partial charge in [0.25, 0.3) is 5.91 Å². The fourth-order valence-corrected chi connectivity index (χ4v) is 3.70. The molecule has 4 rings (SSSR count). The van der Waals surface area contributed by atoms with E-state index in [1.807, 2.05) is 18.2 Å². The van der Waals surface area contributed by atoms with Crippen LogP contribution in [0.2, 0.25) is 0 Å². The quantitative estimate of drug-likeness (QED) is 0.801. The van der Waals surface area contributed by atoms with E-state index in [0.29, 0.717) is 50.2 Å². The first kappa shape index (κ1) is 18.7. The first-order valence-electron chi connectivity index (χ1n) is 9.85. The third-order valence-electron chi connectivity index (χ3n) is 5.42. The summed E-state index contributed by atoms with van der Waals surface area (Å²) in [5.41, 5.74) is 0.700. The number of nitrogens with zero attached hydrogens (tertiary/aromatic N) is 3. The maximum absolute atomic E-state index is 13.0. The summed E-state index contributed by atoms with van der Waals surface area (Å²) >= 11 is 0. The zero-order chi connectivity index (χ0) is 19.7. The molecule has 0 bridgehead atoms. The van der Waals surface area contributed by atoms with Crippen LogP contribution in [0.1, 0.15) is 19.8 Å². The number of carbonyl (C=O) groups excluding carboxylic acids is 3. The fourth-order valence-electron chi connectivity index (χ4n) is 3.70. The second-order valence-electron chi connectivity index (χ2n) is 7.65. The number of fused-ring (bicyclic) bond motifs is 1. The van der Waals surface area contributed by atoms with Crippen molar-refractivity contribution in [2.75, 3.05) is 44.2 Å². The largest absolute Gasteiger partial charge is 0.476 e. The van der Waals surface area contributed by atoms with Gasteiger partial charge in [0.15, 0.2) is 6.10 Å². The Morgan fingerprint density at radius 2 is 1.82 bits per heavy atom. The molecule has 8 nitrogen and oxygen atoms in total. The van der Waals surface area contributed by atoms with E-state index in [-0.39, 0.29) is 24.3 Å². The summed E-state index contributed by atoms with van der Waals surface area (Å²) in [6.45, 7) is 4.51. The maximum atomic E-state index is 13.0. The van der Waals surface area contributed by atoms with Crippen molar-refractivity contribution in [3.8, 4) is 5.75 Å². The van der Waals surface area contributed by atoms with E-state index in [1.54, 1.807) is 15.9 Å². The number of para-hydroxylation sites is 2. The lowest BCUT2D eigenvalue weighted by atomic mass is 10.1. The zero-order valence-corrected chi connectivity index (χ0v) is 16.1. The molecule has 1 N–H and O–H groups in total. The minimum atomic E-state index is -0.705. The molecule has 0 spiro atoms. The van der Waals surface area contributed by atoms with Crippen LogP contribution in [0.15, 0.2) is 24.3 Å². The first-order chi connectivity index (χ1) is 13.5. The molecular formula is C20H26N4O4. The molecule has 1 saturated heterocycles. The number of benzene rings is 1. The van der Waals surface area contributed by atoms with Crippen molar-refractivity contribution in [2.45, 2.75) is 31.9 Å². The minimum Gasteiger partial charge on any atom is -0.476 e. The Morgan fingerprint density at radius 3 is 2.50 bits per heavy atom. The Bertz CT molecular complexity index is 771. The number of nitrogens with one attached hydrogen (secondary N) is 1. The summed E-state index contributed by atoms with van der Waals surface area (Å²) in [5.74, 6) is 0.396. The van der Waals surface area contributed by atoms with E-state index in [1.165, 1.54) is 6.92 Å². The van der Waals surface area contributed by atoms with E-state index >= 15 is 0 Å². The molecular weight excluding hydrogens is 360 g/mol. The molecule has 1 aliphatic carbocycles. The SMILES string of the molecule is CC(=O)N1C[C@H](C(=O)N2CCN(CC(=O)NC3CC3)CC2)Oc2ccccc21. The van der Waals surface area contributed by atoms with E-state index in [0.717, 1.165) is 12.8 Å². The van der Waals surface area contributed by atoms with Crippen LogP contribution < -0.4 is 15.0 Å². The fraction of sp³-hybridized carbons (Fsp3) is 0.550. The van der Waals surface area contributed by atoms with Crippen LogP contribution >= 0.6 is 0 Å². The molecule has 0 aromatic heterocycles. The maximum Gasteiger partial charge on any atom is 0.265 e. The first-order valence-corrected chi connectivity index (χ1v) is 9.85. The van der Waals surface area contributed by atoms with E-state index in [9.17, 15) is 14.4 Å². The van der Waals surface area contributed by atoms with Crippen LogP contribution in [0.4, 0.5) is 5.69 Å². The molecule has 3 amide bonds. The van der Waals surface area contributed by atoms with Crippen molar-refractivity contribution in [1.29, 1.82) is 0 Å². The van der Waals surface area contributed by atoms with Gasteiger partial charge in [0.05, 0.1) is 18.8 Å². The Balaban J connectivity index is 1.33. The van der Waals surface area contributed by atoms with Gasteiger partial charge in [-0.15, -0.1) is 0 Å². The average Bonchev–Trinajstić information content (AvgIpc) is 3.50. The average molecular weight is 386 g/mol. The predicted molar refractivity (Wildman–Crippen MR) is 103 cm³/mol. The molecule has 2 heterocycles. The van der Waals surface area contributed by atoms with Crippen molar-refractivity contribution in [2.24, 2.45) is 0 Å². The van der Waals surface area contributed by atoms with Crippen molar-refractivity contribution >= 4 is 23.4 Å². The van der Waals surface area contributed by atoms with Gasteiger partial charge < -0.3 is 19.9 Å². The number of amides is 3. The van der Waals surface area contributed by atoms with Gasteiger partial charge in [-0.05, 0) is 25.0 Å². The standard InChI is InChI=1S/C20H26N4O4/c1-14(25)24-12-18(28-17-5-3-2-4-16(17)24)20(27)23-10-8-22(9-11-23)13-19(26)21-15-6-7-15/h2-5,15,18H,6-13H2,1H3,(H,21,26)/t18-/m1/s1. The highest BCUT2D eigenvalue weighted by Gasteiger charge is 2.36. The summed E-state index contributed by atoms with van der Waals surface area (Å²) in [6.07, 6.45) is 1.45. The molecule has 2 fully saturated rings. The molecule has 8 heteroatoms. The third kappa shape index (κ3) is 4.11. The van der Waals surface area contributed by atoms with Gasteiger partial charge in [0, 0.05) is 39.1 Å². The lowest BCUT2D eigenvalue weighted by molar-refractivity contribution is -0.140. The topological polar surface area (TPSA) is 82.2 Å². The molecule has 1 saturated carbocycles. The molecule has 150 valence electrons. The van der Waals surface area contributed by atoms with Gasteiger partial charge in [0.2, 0.25) is 11.8 Å². The van der Waals surface area contributed by atoms with Gasteiger partial charge in [-0.1, -0.05) is 12.1 Å². The molecule has 1 aromatic rings. The third-order valence-corrected chi connectivity index (χ3v) is 5.42. The highest BCUT2D eigenvalue weighted by molar-refractivity contribution is 5.95. The summed E-state index contributed by atoms with van der Waals surface area (Å²) in [5, 5.41) is 2.99. The van der Waals surface area contributed by atoms with Crippen LogP contribution in [0.25, 0.3) is 0 Å². The van der Waals surface area contributed by atoms with Crippen LogP contribution in [-0.2, 0) is 14.4 Å². The second-order valence-corrected chi connectivity index (χ2v) is 7.65. The van der Waals surface area contributed by atoms with Crippen molar-refractivity contribution in [3.05, 3.63) is 24.3 Å².